The van der Waals surface area contributed by atoms with Gasteiger partial charge in [0.05, 0.1) is 11.6 Å². The van der Waals surface area contributed by atoms with E-state index in [0.29, 0.717) is 17.2 Å². The lowest BCUT2D eigenvalue weighted by Gasteiger charge is -2.08. The van der Waals surface area contributed by atoms with Crippen molar-refractivity contribution in [3.63, 3.8) is 0 Å². The summed E-state index contributed by atoms with van der Waals surface area (Å²) < 4.78 is 5.53. The Balaban J connectivity index is 2.56. The van der Waals surface area contributed by atoms with Crippen molar-refractivity contribution in [2.24, 2.45) is 5.73 Å². The first kappa shape index (κ1) is 12.8. The normalized spacial score (nSPS) is 10.1. The molecule has 0 saturated heterocycles. The highest BCUT2D eigenvalue weighted by Gasteiger charge is 2.04. The van der Waals surface area contributed by atoms with Gasteiger partial charge in [-0.25, -0.2) is 0 Å². The van der Waals surface area contributed by atoms with Gasteiger partial charge in [0.25, 0.3) is 0 Å². The van der Waals surface area contributed by atoms with Crippen LogP contribution in [0.4, 0.5) is 0 Å². The minimum Gasteiger partial charge on any atom is -0.494 e. The molecule has 1 rings (SSSR count). The number of ether oxygens (including phenoxy) is 1. The Labute approximate surface area is 101 Å². The molecule has 1 aromatic carbocycles. The summed E-state index contributed by atoms with van der Waals surface area (Å²) in [6.07, 6.45) is 3.38. The summed E-state index contributed by atoms with van der Waals surface area (Å²) in [6.45, 7) is 2.85. The molecular formula is C12H17ClN2O. The summed E-state index contributed by atoms with van der Waals surface area (Å²) in [5, 5.41) is 7.75. The number of rotatable bonds is 6. The number of nitrogen functional groups attached to an aromatic ring is 1. The van der Waals surface area contributed by atoms with Gasteiger partial charge in [0.15, 0.2) is 0 Å². The van der Waals surface area contributed by atoms with Gasteiger partial charge >= 0.3 is 0 Å². The summed E-state index contributed by atoms with van der Waals surface area (Å²) in [4.78, 5) is 0. The molecule has 3 nitrogen and oxygen atoms in total. The van der Waals surface area contributed by atoms with E-state index in [1.54, 1.807) is 18.2 Å². The number of nitrogens with two attached hydrogens (primary N) is 1. The van der Waals surface area contributed by atoms with Gasteiger partial charge in [0.2, 0.25) is 0 Å². The molecule has 0 aliphatic heterocycles. The third-order valence-corrected chi connectivity index (χ3v) is 2.56. The van der Waals surface area contributed by atoms with E-state index in [-0.39, 0.29) is 5.84 Å². The zero-order valence-electron chi connectivity index (χ0n) is 9.42. The van der Waals surface area contributed by atoms with Crippen molar-refractivity contribution in [3.05, 3.63) is 28.8 Å². The molecule has 0 aliphatic carbocycles. The quantitative estimate of drug-likeness (QED) is 0.456. The summed E-state index contributed by atoms with van der Waals surface area (Å²) in [5.74, 6) is 0.702. The highest BCUT2D eigenvalue weighted by atomic mass is 35.5. The predicted octanol–water partition coefficient (Wildman–Crippen LogP) is 3.19. The van der Waals surface area contributed by atoms with Gasteiger partial charge in [-0.2, -0.15) is 0 Å². The van der Waals surface area contributed by atoms with Crippen molar-refractivity contribution in [2.75, 3.05) is 6.61 Å². The Morgan fingerprint density at radius 2 is 2.19 bits per heavy atom. The molecule has 0 spiro atoms. The Kier molecular flexibility index (Phi) is 5.12. The Bertz CT molecular complexity index is 366. The largest absolute Gasteiger partial charge is 0.494 e. The summed E-state index contributed by atoms with van der Waals surface area (Å²) in [5.41, 5.74) is 5.91. The van der Waals surface area contributed by atoms with Crippen LogP contribution in [0.3, 0.4) is 0 Å². The van der Waals surface area contributed by atoms with E-state index in [1.165, 1.54) is 12.8 Å². The van der Waals surface area contributed by atoms with Crippen molar-refractivity contribution in [2.45, 2.75) is 26.2 Å². The Morgan fingerprint density at radius 3 is 2.75 bits per heavy atom. The fourth-order valence-corrected chi connectivity index (χ4v) is 1.62. The van der Waals surface area contributed by atoms with Crippen LogP contribution in [0, 0.1) is 5.41 Å². The maximum Gasteiger partial charge on any atom is 0.124 e. The smallest absolute Gasteiger partial charge is 0.124 e. The van der Waals surface area contributed by atoms with Gasteiger partial charge in [0.1, 0.15) is 11.6 Å². The van der Waals surface area contributed by atoms with Crippen LogP contribution < -0.4 is 10.5 Å². The van der Waals surface area contributed by atoms with Gasteiger partial charge < -0.3 is 10.5 Å². The summed E-state index contributed by atoms with van der Waals surface area (Å²) in [6, 6.07) is 5.19. The number of unbranched alkanes of at least 4 members (excludes halogenated alkanes) is 2. The van der Waals surface area contributed by atoms with Crippen LogP contribution in [0.5, 0.6) is 5.75 Å². The molecule has 0 bridgehead atoms. The molecule has 0 fully saturated rings. The van der Waals surface area contributed by atoms with Gasteiger partial charge in [-0.3, -0.25) is 5.41 Å². The molecule has 0 radical (unpaired) electrons. The highest BCUT2D eigenvalue weighted by molar-refractivity contribution is 6.34. The van der Waals surface area contributed by atoms with E-state index in [0.717, 1.165) is 12.2 Å². The van der Waals surface area contributed by atoms with E-state index in [4.69, 9.17) is 27.5 Å². The lowest BCUT2D eigenvalue weighted by molar-refractivity contribution is 0.306. The van der Waals surface area contributed by atoms with E-state index in [9.17, 15) is 0 Å². The predicted molar refractivity (Wildman–Crippen MR) is 67.5 cm³/mol. The van der Waals surface area contributed by atoms with Crippen LogP contribution in [0.1, 0.15) is 31.7 Å². The fourth-order valence-electron chi connectivity index (χ4n) is 1.35. The molecule has 88 valence electrons. The standard InChI is InChI=1S/C12H17ClN2O/c1-2-3-4-7-16-9-5-6-10(12(14)15)11(13)8-9/h5-6,8H,2-4,7H2,1H3,(H3,14,15). The molecule has 0 unspecified atom stereocenters. The van der Waals surface area contributed by atoms with Crippen LogP contribution in [-0.2, 0) is 0 Å². The minimum atomic E-state index is -0.0254. The summed E-state index contributed by atoms with van der Waals surface area (Å²) >= 11 is 5.96. The molecule has 0 heterocycles. The third-order valence-electron chi connectivity index (χ3n) is 2.25. The SMILES string of the molecule is CCCCCOc1ccc(C(=N)N)c(Cl)c1. The zero-order chi connectivity index (χ0) is 12.0. The minimum absolute atomic E-state index is 0.0254. The maximum atomic E-state index is 7.29. The number of halogens is 1. The number of hydrogen-bond donors (Lipinski definition) is 2. The second-order valence-electron chi connectivity index (χ2n) is 3.61. The maximum absolute atomic E-state index is 7.29. The molecule has 16 heavy (non-hydrogen) atoms. The average Bonchev–Trinajstić information content (AvgIpc) is 2.24. The van der Waals surface area contributed by atoms with Gasteiger partial charge in [-0.1, -0.05) is 31.4 Å². The molecule has 4 heteroatoms. The number of nitrogens with one attached hydrogen (secondary N) is 1. The van der Waals surface area contributed by atoms with Crippen molar-refractivity contribution in [1.29, 1.82) is 5.41 Å². The average molecular weight is 241 g/mol. The van der Waals surface area contributed by atoms with E-state index >= 15 is 0 Å². The van der Waals surface area contributed by atoms with Crippen LogP contribution in [0.25, 0.3) is 0 Å². The molecular weight excluding hydrogens is 224 g/mol. The Hall–Kier alpha value is -1.22. The zero-order valence-corrected chi connectivity index (χ0v) is 10.2. The second-order valence-corrected chi connectivity index (χ2v) is 4.02. The fraction of sp³-hybridized carbons (Fsp3) is 0.417. The van der Waals surface area contributed by atoms with Crippen LogP contribution in [-0.4, -0.2) is 12.4 Å². The topological polar surface area (TPSA) is 59.1 Å². The first-order valence-electron chi connectivity index (χ1n) is 5.42. The summed E-state index contributed by atoms with van der Waals surface area (Å²) in [7, 11) is 0. The number of hydrogen-bond acceptors (Lipinski definition) is 2. The molecule has 0 aromatic heterocycles. The number of benzene rings is 1. The van der Waals surface area contributed by atoms with Crippen molar-refractivity contribution < 1.29 is 4.74 Å². The molecule has 0 amide bonds. The highest BCUT2D eigenvalue weighted by Crippen LogP contribution is 2.22. The van der Waals surface area contributed by atoms with E-state index in [2.05, 4.69) is 6.92 Å². The molecule has 0 atom stereocenters. The van der Waals surface area contributed by atoms with Crippen LogP contribution in [0.2, 0.25) is 5.02 Å². The van der Waals surface area contributed by atoms with Gasteiger partial charge in [-0.15, -0.1) is 0 Å². The Morgan fingerprint density at radius 1 is 1.44 bits per heavy atom. The van der Waals surface area contributed by atoms with Crippen molar-refractivity contribution in [1.82, 2.24) is 0 Å². The van der Waals surface area contributed by atoms with Crippen molar-refractivity contribution in [3.8, 4) is 5.75 Å². The third kappa shape index (κ3) is 3.74. The molecule has 1 aromatic rings. The van der Waals surface area contributed by atoms with E-state index < -0.39 is 0 Å². The molecule has 0 saturated carbocycles. The second kappa shape index (κ2) is 6.38. The monoisotopic (exact) mass is 240 g/mol. The number of amidine groups is 1. The lowest BCUT2D eigenvalue weighted by Crippen LogP contribution is -2.11. The van der Waals surface area contributed by atoms with Crippen LogP contribution >= 0.6 is 11.6 Å². The van der Waals surface area contributed by atoms with E-state index in [1.807, 2.05) is 0 Å². The first-order chi connectivity index (χ1) is 7.65. The van der Waals surface area contributed by atoms with Gasteiger partial charge in [0, 0.05) is 5.56 Å². The van der Waals surface area contributed by atoms with Gasteiger partial charge in [-0.05, 0) is 24.6 Å². The molecule has 3 N–H and O–H groups in total. The van der Waals surface area contributed by atoms with Crippen molar-refractivity contribution >= 4 is 17.4 Å². The molecule has 0 aliphatic rings. The first-order valence-corrected chi connectivity index (χ1v) is 5.79. The van der Waals surface area contributed by atoms with Crippen LogP contribution in [0.15, 0.2) is 18.2 Å². The lowest BCUT2D eigenvalue weighted by atomic mass is 10.2.